The zero-order valence-corrected chi connectivity index (χ0v) is 11.4. The van der Waals surface area contributed by atoms with Crippen LogP contribution < -0.4 is 10.1 Å². The predicted octanol–water partition coefficient (Wildman–Crippen LogP) is 0.629. The van der Waals surface area contributed by atoms with Crippen molar-refractivity contribution >= 4 is 9.84 Å². The van der Waals surface area contributed by atoms with Crippen LogP contribution in [0.1, 0.15) is 11.7 Å². The fraction of sp³-hybridized carbons (Fsp3) is 0.385. The molecule has 0 amide bonds. The van der Waals surface area contributed by atoms with Crippen LogP contribution in [-0.2, 0) is 9.84 Å². The summed E-state index contributed by atoms with van der Waals surface area (Å²) >= 11 is 0. The maximum absolute atomic E-state index is 11.2. The summed E-state index contributed by atoms with van der Waals surface area (Å²) in [6, 6.07) is 6.90. The number of benzene rings is 1. The van der Waals surface area contributed by atoms with Crippen molar-refractivity contribution in [1.82, 2.24) is 5.32 Å². The van der Waals surface area contributed by atoms with E-state index in [1.807, 2.05) is 0 Å². The number of nitrogens with one attached hydrogen (secondary N) is 1. The number of aliphatic hydroxyl groups is 1. The Kier molecular flexibility index (Phi) is 4.24. The van der Waals surface area contributed by atoms with Crippen molar-refractivity contribution in [2.24, 2.45) is 0 Å². The average molecular weight is 283 g/mol. The molecule has 19 heavy (non-hydrogen) atoms. The van der Waals surface area contributed by atoms with Crippen molar-refractivity contribution in [1.29, 1.82) is 0 Å². The Morgan fingerprint density at radius 2 is 2.11 bits per heavy atom. The standard InChI is InChI=1S/C13H17NO4S/c1-18-12-4-2-10(3-5-12)13(15)8-14-11-6-7-19(16,17)9-11/h2-7,11,13-15H,8-9H2,1H3. The highest BCUT2D eigenvalue weighted by molar-refractivity contribution is 7.94. The second kappa shape index (κ2) is 5.73. The first-order valence-electron chi connectivity index (χ1n) is 5.96. The normalized spacial score (nSPS) is 22.3. The number of sulfone groups is 1. The largest absolute Gasteiger partial charge is 0.497 e. The summed E-state index contributed by atoms with van der Waals surface area (Å²) < 4.78 is 27.5. The first-order chi connectivity index (χ1) is 9.00. The molecule has 2 N–H and O–H groups in total. The first kappa shape index (κ1) is 14.0. The van der Waals surface area contributed by atoms with Crippen LogP contribution in [0.3, 0.4) is 0 Å². The van der Waals surface area contributed by atoms with Gasteiger partial charge in [-0.25, -0.2) is 8.42 Å². The number of aliphatic hydroxyl groups excluding tert-OH is 1. The molecule has 0 spiro atoms. The fourth-order valence-corrected chi connectivity index (χ4v) is 3.18. The number of hydrogen-bond donors (Lipinski definition) is 2. The Bertz CT molecular complexity index is 551. The van der Waals surface area contributed by atoms with Gasteiger partial charge in [-0.05, 0) is 17.7 Å². The summed E-state index contributed by atoms with van der Waals surface area (Å²) in [5.41, 5.74) is 0.762. The fourth-order valence-electron chi connectivity index (χ4n) is 1.91. The Morgan fingerprint density at radius 1 is 1.42 bits per heavy atom. The van der Waals surface area contributed by atoms with Crippen molar-refractivity contribution in [3.63, 3.8) is 0 Å². The molecule has 5 nitrogen and oxygen atoms in total. The smallest absolute Gasteiger partial charge is 0.173 e. The zero-order valence-electron chi connectivity index (χ0n) is 10.6. The van der Waals surface area contributed by atoms with E-state index < -0.39 is 15.9 Å². The van der Waals surface area contributed by atoms with E-state index in [0.29, 0.717) is 6.54 Å². The minimum absolute atomic E-state index is 0.0579. The summed E-state index contributed by atoms with van der Waals surface area (Å²) in [7, 11) is -1.48. The van der Waals surface area contributed by atoms with Gasteiger partial charge < -0.3 is 15.2 Å². The second-order valence-electron chi connectivity index (χ2n) is 4.46. The van der Waals surface area contributed by atoms with Gasteiger partial charge in [-0.3, -0.25) is 0 Å². The monoisotopic (exact) mass is 283 g/mol. The van der Waals surface area contributed by atoms with Crippen molar-refractivity contribution in [3.8, 4) is 5.75 Å². The summed E-state index contributed by atoms with van der Waals surface area (Å²) in [6.07, 6.45) is 0.929. The van der Waals surface area contributed by atoms with E-state index in [1.54, 1.807) is 37.5 Å². The summed E-state index contributed by atoms with van der Waals surface area (Å²) in [5, 5.41) is 14.2. The highest BCUT2D eigenvalue weighted by Crippen LogP contribution is 2.17. The lowest BCUT2D eigenvalue weighted by molar-refractivity contribution is 0.173. The number of hydrogen-bond acceptors (Lipinski definition) is 5. The lowest BCUT2D eigenvalue weighted by Gasteiger charge is -2.15. The van der Waals surface area contributed by atoms with E-state index in [9.17, 15) is 13.5 Å². The van der Waals surface area contributed by atoms with Crippen LogP contribution in [0.4, 0.5) is 0 Å². The van der Waals surface area contributed by atoms with Crippen LogP contribution in [0.5, 0.6) is 5.75 Å². The highest BCUT2D eigenvalue weighted by atomic mass is 32.2. The molecule has 0 aliphatic carbocycles. The minimum Gasteiger partial charge on any atom is -0.497 e. The molecular weight excluding hydrogens is 266 g/mol. The first-order valence-corrected chi connectivity index (χ1v) is 7.68. The summed E-state index contributed by atoms with van der Waals surface area (Å²) in [6.45, 7) is 0.302. The molecule has 0 fully saturated rings. The molecule has 1 aliphatic rings. The molecule has 1 aromatic rings. The molecule has 0 radical (unpaired) electrons. The van der Waals surface area contributed by atoms with E-state index in [4.69, 9.17) is 4.74 Å². The summed E-state index contributed by atoms with van der Waals surface area (Å²) in [4.78, 5) is 0. The molecule has 0 aromatic heterocycles. The van der Waals surface area contributed by atoms with Crippen LogP contribution in [0.25, 0.3) is 0 Å². The van der Waals surface area contributed by atoms with Crippen LogP contribution in [0, 0.1) is 0 Å². The van der Waals surface area contributed by atoms with E-state index in [1.165, 1.54) is 5.41 Å². The molecular formula is C13H17NO4S. The second-order valence-corrected chi connectivity index (χ2v) is 6.39. The molecule has 1 aromatic carbocycles. The van der Waals surface area contributed by atoms with Crippen molar-refractivity contribution in [3.05, 3.63) is 41.3 Å². The minimum atomic E-state index is -3.06. The van der Waals surface area contributed by atoms with Gasteiger partial charge in [0.05, 0.1) is 19.0 Å². The van der Waals surface area contributed by atoms with E-state index in [2.05, 4.69) is 5.32 Å². The third kappa shape index (κ3) is 3.79. The molecule has 6 heteroatoms. The van der Waals surface area contributed by atoms with Gasteiger partial charge in [0.15, 0.2) is 9.84 Å². The lowest BCUT2D eigenvalue weighted by atomic mass is 10.1. The van der Waals surface area contributed by atoms with Gasteiger partial charge in [0.2, 0.25) is 0 Å². The SMILES string of the molecule is COc1ccc(C(O)CNC2C=CS(=O)(=O)C2)cc1. The van der Waals surface area contributed by atoms with Gasteiger partial charge >= 0.3 is 0 Å². The highest BCUT2D eigenvalue weighted by Gasteiger charge is 2.21. The Labute approximate surface area is 112 Å². The topological polar surface area (TPSA) is 75.6 Å². The lowest BCUT2D eigenvalue weighted by Crippen LogP contribution is -2.33. The van der Waals surface area contributed by atoms with Crippen LogP contribution >= 0.6 is 0 Å². The molecule has 0 saturated heterocycles. The molecule has 0 bridgehead atoms. The van der Waals surface area contributed by atoms with Gasteiger partial charge in [0, 0.05) is 18.0 Å². The van der Waals surface area contributed by atoms with Gasteiger partial charge in [0.25, 0.3) is 0 Å². The van der Waals surface area contributed by atoms with E-state index in [0.717, 1.165) is 11.3 Å². The molecule has 2 rings (SSSR count). The Hall–Kier alpha value is -1.37. The Balaban J connectivity index is 1.87. The van der Waals surface area contributed by atoms with Gasteiger partial charge in [-0.15, -0.1) is 0 Å². The number of rotatable bonds is 5. The number of methoxy groups -OCH3 is 1. The Morgan fingerprint density at radius 3 is 2.63 bits per heavy atom. The van der Waals surface area contributed by atoms with Gasteiger partial charge in [-0.1, -0.05) is 18.2 Å². The summed E-state index contributed by atoms with van der Waals surface area (Å²) in [5.74, 6) is 0.788. The van der Waals surface area contributed by atoms with Crippen LogP contribution in [-0.4, -0.2) is 39.0 Å². The zero-order chi connectivity index (χ0) is 13.9. The molecule has 2 unspecified atom stereocenters. The van der Waals surface area contributed by atoms with Crippen LogP contribution in [0.2, 0.25) is 0 Å². The quantitative estimate of drug-likeness (QED) is 0.829. The van der Waals surface area contributed by atoms with E-state index in [-0.39, 0.29) is 11.8 Å². The van der Waals surface area contributed by atoms with Crippen molar-refractivity contribution < 1.29 is 18.3 Å². The predicted molar refractivity (Wildman–Crippen MR) is 72.7 cm³/mol. The third-order valence-corrected chi connectivity index (χ3v) is 4.40. The van der Waals surface area contributed by atoms with Crippen molar-refractivity contribution in [2.75, 3.05) is 19.4 Å². The average Bonchev–Trinajstić information content (AvgIpc) is 2.76. The number of ether oxygens (including phenoxy) is 1. The van der Waals surface area contributed by atoms with Gasteiger partial charge in [0.1, 0.15) is 5.75 Å². The van der Waals surface area contributed by atoms with E-state index >= 15 is 0 Å². The van der Waals surface area contributed by atoms with Gasteiger partial charge in [-0.2, -0.15) is 0 Å². The molecule has 0 saturated carbocycles. The third-order valence-electron chi connectivity index (χ3n) is 3.00. The molecule has 1 heterocycles. The molecule has 1 aliphatic heterocycles. The van der Waals surface area contributed by atoms with Crippen molar-refractivity contribution in [2.45, 2.75) is 12.1 Å². The molecule has 2 atom stereocenters. The maximum atomic E-state index is 11.2. The maximum Gasteiger partial charge on any atom is 0.173 e. The molecule has 104 valence electrons. The van der Waals surface area contributed by atoms with Crippen LogP contribution in [0.15, 0.2) is 35.7 Å².